The molecule has 78 valence electrons. The monoisotopic (exact) mass is 191 g/mol. The molecule has 1 atom stereocenters. The summed E-state index contributed by atoms with van der Waals surface area (Å²) < 4.78 is 27.4. The predicted molar refractivity (Wildman–Crippen MR) is 50.0 cm³/mol. The van der Waals surface area contributed by atoms with Crippen molar-refractivity contribution in [3.05, 3.63) is 0 Å². The number of rotatable bonds is 0. The van der Waals surface area contributed by atoms with Crippen molar-refractivity contribution in [3.63, 3.8) is 0 Å². The first-order valence-corrected chi connectivity index (χ1v) is 4.84. The quantitative estimate of drug-likeness (QED) is 0.621. The van der Waals surface area contributed by atoms with Crippen LogP contribution in [0, 0.1) is 5.41 Å². The van der Waals surface area contributed by atoms with Crippen LogP contribution in [0.25, 0.3) is 0 Å². The van der Waals surface area contributed by atoms with Crippen LogP contribution < -0.4 is 5.32 Å². The fourth-order valence-corrected chi connectivity index (χ4v) is 1.84. The molecule has 0 bridgehead atoms. The van der Waals surface area contributed by atoms with E-state index in [-0.39, 0.29) is 6.42 Å². The molecule has 1 heterocycles. The zero-order valence-corrected chi connectivity index (χ0v) is 8.88. The van der Waals surface area contributed by atoms with Crippen LogP contribution in [0.15, 0.2) is 0 Å². The number of halogens is 2. The first-order valence-electron chi connectivity index (χ1n) is 4.84. The first-order chi connectivity index (χ1) is 5.71. The van der Waals surface area contributed by atoms with E-state index in [2.05, 4.69) is 5.32 Å². The van der Waals surface area contributed by atoms with Gasteiger partial charge in [-0.1, -0.05) is 20.8 Å². The molecule has 0 spiro atoms. The van der Waals surface area contributed by atoms with Gasteiger partial charge in [-0.3, -0.25) is 0 Å². The van der Waals surface area contributed by atoms with Gasteiger partial charge in [0.15, 0.2) is 0 Å². The molecule has 0 saturated carbocycles. The van der Waals surface area contributed by atoms with Crippen LogP contribution in [0.3, 0.4) is 0 Å². The van der Waals surface area contributed by atoms with Gasteiger partial charge in [-0.05, 0) is 25.3 Å². The first kappa shape index (κ1) is 10.9. The highest BCUT2D eigenvalue weighted by Gasteiger charge is 2.57. The van der Waals surface area contributed by atoms with Gasteiger partial charge >= 0.3 is 0 Å². The Balaban J connectivity index is 2.98. The summed E-state index contributed by atoms with van der Waals surface area (Å²) >= 11 is 0. The third kappa shape index (κ3) is 1.58. The molecule has 0 aromatic rings. The Morgan fingerprint density at radius 1 is 1.23 bits per heavy atom. The molecule has 1 fully saturated rings. The molecule has 1 rings (SSSR count). The van der Waals surface area contributed by atoms with E-state index in [1.54, 1.807) is 6.92 Å². The minimum Gasteiger partial charge on any atom is -0.306 e. The lowest BCUT2D eigenvalue weighted by molar-refractivity contribution is -0.146. The van der Waals surface area contributed by atoms with Crippen LogP contribution in [0.1, 0.15) is 40.5 Å². The minimum absolute atomic E-state index is 0.00771. The summed E-state index contributed by atoms with van der Waals surface area (Å²) in [4.78, 5) is 0. The van der Waals surface area contributed by atoms with Crippen molar-refractivity contribution in [3.8, 4) is 0 Å². The summed E-state index contributed by atoms with van der Waals surface area (Å²) in [5, 5.41) is 2.98. The van der Waals surface area contributed by atoms with Crippen LogP contribution in [-0.2, 0) is 0 Å². The molecule has 0 aromatic heterocycles. The maximum atomic E-state index is 13.7. The summed E-state index contributed by atoms with van der Waals surface area (Å²) in [6, 6.07) is 0. The average molecular weight is 191 g/mol. The lowest BCUT2D eigenvalue weighted by atomic mass is 9.68. The Kier molecular flexibility index (Phi) is 2.44. The Morgan fingerprint density at radius 2 is 1.77 bits per heavy atom. The average Bonchev–Trinajstić information content (AvgIpc) is 1.93. The molecular weight excluding hydrogens is 172 g/mol. The van der Waals surface area contributed by atoms with Gasteiger partial charge in [-0.25, -0.2) is 8.78 Å². The SMILES string of the molecule is CC(C)(C)C1(C)NCCCC1(F)F. The largest absolute Gasteiger partial charge is 0.306 e. The third-order valence-electron chi connectivity index (χ3n) is 3.38. The molecule has 1 nitrogen and oxygen atoms in total. The van der Waals surface area contributed by atoms with Crippen molar-refractivity contribution in [1.29, 1.82) is 0 Å². The molecule has 0 aromatic carbocycles. The number of piperidine rings is 1. The molecule has 0 aliphatic carbocycles. The van der Waals surface area contributed by atoms with Crippen LogP contribution >= 0.6 is 0 Å². The standard InChI is InChI=1S/C10H19F2N/c1-8(2,3)9(4)10(11,12)6-5-7-13-9/h13H,5-7H2,1-4H3. The number of hydrogen-bond donors (Lipinski definition) is 1. The van der Waals surface area contributed by atoms with Crippen LogP contribution in [0.2, 0.25) is 0 Å². The predicted octanol–water partition coefficient (Wildman–Crippen LogP) is 2.81. The van der Waals surface area contributed by atoms with Crippen molar-refractivity contribution in [2.75, 3.05) is 6.54 Å². The normalized spacial score (nSPS) is 34.6. The summed E-state index contributed by atoms with van der Waals surface area (Å²) in [5.41, 5.74) is -1.49. The van der Waals surface area contributed by atoms with Crippen LogP contribution in [0.4, 0.5) is 8.78 Å². The number of alkyl halides is 2. The molecule has 1 aliphatic heterocycles. The van der Waals surface area contributed by atoms with Gasteiger partial charge in [0, 0.05) is 6.42 Å². The van der Waals surface area contributed by atoms with E-state index in [0.29, 0.717) is 13.0 Å². The highest BCUT2D eigenvalue weighted by Crippen LogP contribution is 2.46. The molecular formula is C10H19F2N. The summed E-state index contributed by atoms with van der Waals surface area (Å²) in [5.74, 6) is -2.59. The Hall–Kier alpha value is -0.180. The molecule has 1 saturated heterocycles. The summed E-state index contributed by atoms with van der Waals surface area (Å²) in [6.45, 7) is 7.91. The maximum Gasteiger partial charge on any atom is 0.266 e. The Bertz CT molecular complexity index is 196. The highest BCUT2D eigenvalue weighted by atomic mass is 19.3. The van der Waals surface area contributed by atoms with Crippen molar-refractivity contribution in [2.24, 2.45) is 5.41 Å². The van der Waals surface area contributed by atoms with E-state index in [0.717, 1.165) is 0 Å². The lowest BCUT2D eigenvalue weighted by Gasteiger charge is -2.50. The number of hydrogen-bond acceptors (Lipinski definition) is 1. The zero-order valence-electron chi connectivity index (χ0n) is 8.88. The van der Waals surface area contributed by atoms with Crippen LogP contribution in [0.5, 0.6) is 0 Å². The van der Waals surface area contributed by atoms with Gasteiger partial charge in [-0.15, -0.1) is 0 Å². The zero-order chi connectivity index (χ0) is 10.3. The topological polar surface area (TPSA) is 12.0 Å². The maximum absolute atomic E-state index is 13.7. The van der Waals surface area contributed by atoms with Gasteiger partial charge in [0.2, 0.25) is 0 Å². The smallest absolute Gasteiger partial charge is 0.266 e. The van der Waals surface area contributed by atoms with E-state index >= 15 is 0 Å². The van der Waals surface area contributed by atoms with E-state index in [4.69, 9.17) is 0 Å². The molecule has 1 N–H and O–H groups in total. The second kappa shape index (κ2) is 2.91. The molecule has 1 aliphatic rings. The van der Waals surface area contributed by atoms with E-state index in [1.165, 1.54) is 0 Å². The molecule has 1 unspecified atom stereocenters. The summed E-state index contributed by atoms with van der Waals surface area (Å²) in [7, 11) is 0. The van der Waals surface area contributed by atoms with Crippen molar-refractivity contribution >= 4 is 0 Å². The van der Waals surface area contributed by atoms with E-state index in [1.807, 2.05) is 20.8 Å². The number of nitrogens with one attached hydrogen (secondary N) is 1. The molecule has 3 heteroatoms. The van der Waals surface area contributed by atoms with E-state index in [9.17, 15) is 8.78 Å². The van der Waals surface area contributed by atoms with Gasteiger partial charge in [-0.2, -0.15) is 0 Å². The minimum atomic E-state index is -2.59. The van der Waals surface area contributed by atoms with Crippen molar-refractivity contribution in [2.45, 2.75) is 52.0 Å². The van der Waals surface area contributed by atoms with Crippen molar-refractivity contribution in [1.82, 2.24) is 5.32 Å². The molecule has 0 amide bonds. The molecule has 0 radical (unpaired) electrons. The molecule has 13 heavy (non-hydrogen) atoms. The highest BCUT2D eigenvalue weighted by molar-refractivity contribution is 5.06. The lowest BCUT2D eigenvalue weighted by Crippen LogP contribution is -2.66. The van der Waals surface area contributed by atoms with E-state index < -0.39 is 16.9 Å². The van der Waals surface area contributed by atoms with Gasteiger partial charge in [0.1, 0.15) is 0 Å². The fraction of sp³-hybridized carbons (Fsp3) is 1.00. The Morgan fingerprint density at radius 3 is 2.08 bits per heavy atom. The van der Waals surface area contributed by atoms with Gasteiger partial charge < -0.3 is 5.32 Å². The summed E-state index contributed by atoms with van der Waals surface area (Å²) in [6.07, 6.45) is 0.576. The van der Waals surface area contributed by atoms with Crippen molar-refractivity contribution < 1.29 is 8.78 Å². The second-order valence-corrected chi connectivity index (χ2v) is 5.11. The third-order valence-corrected chi connectivity index (χ3v) is 3.38. The van der Waals surface area contributed by atoms with Crippen LogP contribution in [-0.4, -0.2) is 18.0 Å². The fourth-order valence-electron chi connectivity index (χ4n) is 1.84. The van der Waals surface area contributed by atoms with Gasteiger partial charge in [0.25, 0.3) is 5.92 Å². The van der Waals surface area contributed by atoms with Gasteiger partial charge in [0.05, 0.1) is 5.54 Å². The second-order valence-electron chi connectivity index (χ2n) is 5.11. The Labute approximate surface area is 78.9 Å².